The Kier molecular flexibility index (Phi) is 4.58. The lowest BCUT2D eigenvalue weighted by molar-refractivity contribution is 0.328. The Morgan fingerprint density at radius 2 is 1.88 bits per heavy atom. The van der Waals surface area contributed by atoms with Crippen molar-refractivity contribution in [3.8, 4) is 5.75 Å². The molecule has 17 heavy (non-hydrogen) atoms. The van der Waals surface area contributed by atoms with Crippen LogP contribution < -0.4 is 10.5 Å². The van der Waals surface area contributed by atoms with Crippen LogP contribution in [0.25, 0.3) is 0 Å². The Labute approximate surface area is 105 Å². The molecule has 0 saturated heterocycles. The van der Waals surface area contributed by atoms with E-state index in [1.807, 2.05) is 0 Å². The van der Waals surface area contributed by atoms with Crippen LogP contribution in [0.1, 0.15) is 37.0 Å². The number of benzene rings is 1. The van der Waals surface area contributed by atoms with Gasteiger partial charge in [0.2, 0.25) is 0 Å². The number of ether oxygens (including phenoxy) is 1. The molecule has 0 heterocycles. The first-order chi connectivity index (χ1) is 7.89. The fraction of sp³-hybridized carbons (Fsp3) is 0.600. The van der Waals surface area contributed by atoms with Gasteiger partial charge in [-0.1, -0.05) is 19.9 Å². The van der Waals surface area contributed by atoms with Gasteiger partial charge >= 0.3 is 0 Å². The number of nitrogens with two attached hydrogens (primary N) is 1. The molecule has 0 unspecified atom stereocenters. The first-order valence-electron chi connectivity index (χ1n) is 6.24. The van der Waals surface area contributed by atoms with Crippen LogP contribution in [0.3, 0.4) is 0 Å². The number of hydrogen-bond acceptors (Lipinski definition) is 2. The van der Waals surface area contributed by atoms with E-state index in [-0.39, 0.29) is 5.41 Å². The summed E-state index contributed by atoms with van der Waals surface area (Å²) in [5, 5.41) is 0. The zero-order chi connectivity index (χ0) is 13.1. The van der Waals surface area contributed by atoms with E-state index in [1.165, 1.54) is 16.7 Å². The Morgan fingerprint density at radius 3 is 2.41 bits per heavy atom. The number of methoxy groups -OCH3 is 1. The zero-order valence-corrected chi connectivity index (χ0v) is 11.8. The van der Waals surface area contributed by atoms with Crippen LogP contribution in [-0.2, 0) is 6.42 Å². The minimum atomic E-state index is 0.224. The molecule has 2 nitrogen and oxygen atoms in total. The average Bonchev–Trinajstić information content (AvgIpc) is 2.21. The number of hydrogen-bond donors (Lipinski definition) is 1. The number of aryl methyl sites for hydroxylation is 2. The molecule has 1 aromatic carbocycles. The molecule has 96 valence electrons. The largest absolute Gasteiger partial charge is 0.496 e. The minimum absolute atomic E-state index is 0.224. The summed E-state index contributed by atoms with van der Waals surface area (Å²) in [5.41, 5.74) is 9.77. The molecule has 0 aliphatic heterocycles. The standard InChI is InChI=1S/C15H25NO/c1-11-8-12(2)13(14(9-11)17-5)10-15(3,4)6-7-16/h8-9H,6-7,10,16H2,1-5H3. The highest BCUT2D eigenvalue weighted by Crippen LogP contribution is 2.32. The Bertz CT molecular complexity index is 383. The number of rotatable bonds is 5. The molecule has 0 aliphatic carbocycles. The second-order valence-corrected chi connectivity index (χ2v) is 5.64. The molecule has 0 aliphatic rings. The quantitative estimate of drug-likeness (QED) is 0.850. The molecule has 0 saturated carbocycles. The van der Waals surface area contributed by atoms with Crippen molar-refractivity contribution in [1.82, 2.24) is 0 Å². The molecule has 0 bridgehead atoms. The van der Waals surface area contributed by atoms with Gasteiger partial charge in [-0.2, -0.15) is 0 Å². The molecule has 0 fully saturated rings. The van der Waals surface area contributed by atoms with Gasteiger partial charge in [0.25, 0.3) is 0 Å². The maximum atomic E-state index is 5.67. The smallest absolute Gasteiger partial charge is 0.122 e. The van der Waals surface area contributed by atoms with Crippen LogP contribution in [0.4, 0.5) is 0 Å². The summed E-state index contributed by atoms with van der Waals surface area (Å²) < 4.78 is 5.50. The van der Waals surface area contributed by atoms with Gasteiger partial charge < -0.3 is 10.5 Å². The predicted molar refractivity (Wildman–Crippen MR) is 73.6 cm³/mol. The van der Waals surface area contributed by atoms with Gasteiger partial charge in [0.1, 0.15) is 5.75 Å². The summed E-state index contributed by atoms with van der Waals surface area (Å²) >= 11 is 0. The molecule has 0 aromatic heterocycles. The highest BCUT2D eigenvalue weighted by Gasteiger charge is 2.21. The van der Waals surface area contributed by atoms with Gasteiger partial charge in [0, 0.05) is 0 Å². The molecular formula is C15H25NO. The predicted octanol–water partition coefficient (Wildman–Crippen LogP) is 3.23. The van der Waals surface area contributed by atoms with Gasteiger partial charge in [-0.15, -0.1) is 0 Å². The van der Waals surface area contributed by atoms with Crippen molar-refractivity contribution >= 4 is 0 Å². The van der Waals surface area contributed by atoms with E-state index in [1.54, 1.807) is 7.11 Å². The Hall–Kier alpha value is -1.02. The normalized spacial score (nSPS) is 11.6. The lowest BCUT2D eigenvalue weighted by Crippen LogP contribution is -2.20. The second kappa shape index (κ2) is 5.54. The van der Waals surface area contributed by atoms with E-state index in [2.05, 4.69) is 39.8 Å². The second-order valence-electron chi connectivity index (χ2n) is 5.64. The monoisotopic (exact) mass is 235 g/mol. The maximum Gasteiger partial charge on any atom is 0.122 e. The van der Waals surface area contributed by atoms with Crippen LogP contribution in [0.15, 0.2) is 12.1 Å². The van der Waals surface area contributed by atoms with E-state index in [0.717, 1.165) is 25.1 Å². The lowest BCUT2D eigenvalue weighted by Gasteiger charge is -2.26. The molecule has 2 heteroatoms. The Morgan fingerprint density at radius 1 is 1.24 bits per heavy atom. The van der Waals surface area contributed by atoms with Gasteiger partial charge in [-0.3, -0.25) is 0 Å². The van der Waals surface area contributed by atoms with E-state index in [4.69, 9.17) is 10.5 Å². The van der Waals surface area contributed by atoms with Crippen LogP contribution in [-0.4, -0.2) is 13.7 Å². The van der Waals surface area contributed by atoms with Crippen molar-refractivity contribution in [2.75, 3.05) is 13.7 Å². The van der Waals surface area contributed by atoms with Crippen LogP contribution in [0, 0.1) is 19.3 Å². The molecule has 1 rings (SSSR count). The van der Waals surface area contributed by atoms with E-state index in [0.29, 0.717) is 0 Å². The Balaban J connectivity index is 3.05. The third-order valence-corrected chi connectivity index (χ3v) is 3.27. The topological polar surface area (TPSA) is 35.2 Å². The summed E-state index contributed by atoms with van der Waals surface area (Å²) in [4.78, 5) is 0. The van der Waals surface area contributed by atoms with Crippen molar-refractivity contribution in [3.05, 3.63) is 28.8 Å². The van der Waals surface area contributed by atoms with Crippen molar-refractivity contribution in [3.63, 3.8) is 0 Å². The van der Waals surface area contributed by atoms with Gasteiger partial charge in [-0.05, 0) is 61.4 Å². The van der Waals surface area contributed by atoms with E-state index >= 15 is 0 Å². The van der Waals surface area contributed by atoms with E-state index in [9.17, 15) is 0 Å². The molecule has 1 aromatic rings. The first-order valence-corrected chi connectivity index (χ1v) is 6.24. The highest BCUT2D eigenvalue weighted by atomic mass is 16.5. The maximum absolute atomic E-state index is 5.67. The molecule has 0 amide bonds. The molecule has 0 radical (unpaired) electrons. The summed E-state index contributed by atoms with van der Waals surface area (Å²) in [6, 6.07) is 4.33. The van der Waals surface area contributed by atoms with Gasteiger partial charge in [-0.25, -0.2) is 0 Å². The SMILES string of the molecule is COc1cc(C)cc(C)c1CC(C)(C)CCN. The summed E-state index contributed by atoms with van der Waals surface area (Å²) in [6.07, 6.45) is 2.04. The van der Waals surface area contributed by atoms with Crippen molar-refractivity contribution in [2.24, 2.45) is 11.1 Å². The van der Waals surface area contributed by atoms with Crippen LogP contribution >= 0.6 is 0 Å². The van der Waals surface area contributed by atoms with Gasteiger partial charge in [0.15, 0.2) is 0 Å². The van der Waals surface area contributed by atoms with Crippen molar-refractivity contribution in [1.29, 1.82) is 0 Å². The molecule has 0 atom stereocenters. The molecular weight excluding hydrogens is 210 g/mol. The van der Waals surface area contributed by atoms with Gasteiger partial charge in [0.05, 0.1) is 7.11 Å². The third-order valence-electron chi connectivity index (χ3n) is 3.27. The van der Waals surface area contributed by atoms with Crippen molar-refractivity contribution < 1.29 is 4.74 Å². The van der Waals surface area contributed by atoms with E-state index < -0.39 is 0 Å². The highest BCUT2D eigenvalue weighted by molar-refractivity contribution is 5.43. The first kappa shape index (κ1) is 14.0. The average molecular weight is 235 g/mol. The third kappa shape index (κ3) is 3.74. The lowest BCUT2D eigenvalue weighted by atomic mass is 9.81. The molecule has 2 N–H and O–H groups in total. The summed E-state index contributed by atoms with van der Waals surface area (Å²) in [7, 11) is 1.74. The minimum Gasteiger partial charge on any atom is -0.496 e. The fourth-order valence-corrected chi connectivity index (χ4v) is 2.32. The molecule has 0 spiro atoms. The van der Waals surface area contributed by atoms with Crippen LogP contribution in [0.5, 0.6) is 5.75 Å². The summed E-state index contributed by atoms with van der Waals surface area (Å²) in [6.45, 7) is 9.52. The fourth-order valence-electron chi connectivity index (χ4n) is 2.32. The summed E-state index contributed by atoms with van der Waals surface area (Å²) in [5.74, 6) is 1.01. The van der Waals surface area contributed by atoms with Crippen molar-refractivity contribution in [2.45, 2.75) is 40.5 Å². The zero-order valence-electron chi connectivity index (χ0n) is 11.8. The van der Waals surface area contributed by atoms with Crippen LogP contribution in [0.2, 0.25) is 0 Å².